The van der Waals surface area contributed by atoms with Gasteiger partial charge in [-0.3, -0.25) is 4.79 Å². The molecule has 0 aliphatic heterocycles. The normalized spacial score (nSPS) is 10.2. The zero-order valence-electron chi connectivity index (χ0n) is 13.2. The van der Waals surface area contributed by atoms with Crippen LogP contribution in [0.2, 0.25) is 0 Å². The number of likely N-dealkylation sites (N-methyl/N-ethyl adjacent to an activating group) is 1. The van der Waals surface area contributed by atoms with Crippen LogP contribution in [0.4, 0.5) is 0 Å². The van der Waals surface area contributed by atoms with E-state index in [2.05, 4.69) is 6.92 Å². The number of unbranched alkanes of at least 4 members (excludes halogenated alkanes) is 1. The lowest BCUT2D eigenvalue weighted by atomic mass is 10.0. The summed E-state index contributed by atoms with van der Waals surface area (Å²) < 4.78 is 10.7. The van der Waals surface area contributed by atoms with Crippen LogP contribution in [-0.2, 0) is 11.2 Å². The summed E-state index contributed by atoms with van der Waals surface area (Å²) in [5, 5.41) is 0. The number of nitrogens with zero attached hydrogens (tertiary/aromatic N) is 1. The summed E-state index contributed by atoms with van der Waals surface area (Å²) in [5.41, 5.74) is 1.83. The van der Waals surface area contributed by atoms with Gasteiger partial charge in [-0.25, -0.2) is 0 Å². The highest BCUT2D eigenvalue weighted by Crippen LogP contribution is 2.31. The summed E-state index contributed by atoms with van der Waals surface area (Å²) in [6.07, 6.45) is 2.47. The number of ether oxygens (including phenoxy) is 2. The first-order chi connectivity index (χ1) is 9.54. The molecule has 4 nitrogen and oxygen atoms in total. The van der Waals surface area contributed by atoms with Gasteiger partial charge in [0.1, 0.15) is 11.5 Å². The first-order valence-electron chi connectivity index (χ1n) is 6.99. The number of carbonyl (C=O) groups excluding carboxylic acids is 1. The molecular weight excluding hydrogens is 254 g/mol. The summed E-state index contributed by atoms with van der Waals surface area (Å²) >= 11 is 0. The SMILES string of the molecule is CCCCN(C)C(=O)Cc1ccc(OC)c(C)c1OC. The Bertz CT molecular complexity index is 457. The van der Waals surface area contributed by atoms with Crippen LogP contribution in [0.25, 0.3) is 0 Å². The third kappa shape index (κ3) is 3.89. The van der Waals surface area contributed by atoms with Gasteiger partial charge in [0.05, 0.1) is 20.6 Å². The van der Waals surface area contributed by atoms with Gasteiger partial charge in [0.15, 0.2) is 0 Å². The third-order valence-electron chi connectivity index (χ3n) is 3.48. The smallest absolute Gasteiger partial charge is 0.226 e. The van der Waals surface area contributed by atoms with Crippen molar-refractivity contribution in [1.29, 1.82) is 0 Å². The van der Waals surface area contributed by atoms with Crippen molar-refractivity contribution in [3.63, 3.8) is 0 Å². The first kappa shape index (κ1) is 16.3. The highest BCUT2D eigenvalue weighted by atomic mass is 16.5. The molecule has 0 aromatic heterocycles. The van der Waals surface area contributed by atoms with E-state index in [1.807, 2.05) is 26.1 Å². The molecule has 112 valence electrons. The number of hydrogen-bond acceptors (Lipinski definition) is 3. The lowest BCUT2D eigenvalue weighted by Gasteiger charge is -2.19. The summed E-state index contributed by atoms with van der Waals surface area (Å²) in [6.45, 7) is 4.85. The fourth-order valence-corrected chi connectivity index (χ4v) is 2.19. The highest BCUT2D eigenvalue weighted by molar-refractivity contribution is 5.79. The Labute approximate surface area is 121 Å². The molecule has 0 bridgehead atoms. The zero-order chi connectivity index (χ0) is 15.1. The Hall–Kier alpha value is -1.71. The Kier molecular flexibility index (Phi) is 6.36. The molecule has 0 fully saturated rings. The fraction of sp³-hybridized carbons (Fsp3) is 0.562. The standard InChI is InChI=1S/C16H25NO3/c1-6-7-10-17(3)15(18)11-13-8-9-14(19-4)12(2)16(13)20-5/h8-9H,6-7,10-11H2,1-5H3. The lowest BCUT2D eigenvalue weighted by Crippen LogP contribution is -2.29. The maximum atomic E-state index is 12.2. The third-order valence-corrected chi connectivity index (χ3v) is 3.48. The van der Waals surface area contributed by atoms with Crippen molar-refractivity contribution < 1.29 is 14.3 Å². The van der Waals surface area contributed by atoms with Crippen molar-refractivity contribution in [2.75, 3.05) is 27.8 Å². The van der Waals surface area contributed by atoms with Gasteiger partial charge in [-0.15, -0.1) is 0 Å². The molecule has 1 amide bonds. The average Bonchev–Trinajstić information content (AvgIpc) is 2.45. The number of amides is 1. The molecule has 0 unspecified atom stereocenters. The van der Waals surface area contributed by atoms with E-state index in [-0.39, 0.29) is 5.91 Å². The predicted molar refractivity (Wildman–Crippen MR) is 80.5 cm³/mol. The molecule has 0 N–H and O–H groups in total. The van der Waals surface area contributed by atoms with Crippen LogP contribution >= 0.6 is 0 Å². The number of rotatable bonds is 7. The van der Waals surface area contributed by atoms with E-state index in [0.29, 0.717) is 6.42 Å². The molecule has 0 aliphatic rings. The van der Waals surface area contributed by atoms with E-state index < -0.39 is 0 Å². The maximum Gasteiger partial charge on any atom is 0.226 e. The molecule has 0 saturated carbocycles. The van der Waals surface area contributed by atoms with Crippen molar-refractivity contribution in [1.82, 2.24) is 4.90 Å². The Morgan fingerprint density at radius 2 is 1.95 bits per heavy atom. The number of benzene rings is 1. The average molecular weight is 279 g/mol. The van der Waals surface area contributed by atoms with Gasteiger partial charge in [-0.05, 0) is 19.4 Å². The monoisotopic (exact) mass is 279 g/mol. The van der Waals surface area contributed by atoms with Gasteiger partial charge in [0.2, 0.25) is 5.91 Å². The second kappa shape index (κ2) is 7.78. The molecule has 0 saturated heterocycles. The summed E-state index contributed by atoms with van der Waals surface area (Å²) in [6, 6.07) is 3.78. The van der Waals surface area contributed by atoms with Crippen LogP contribution in [0.5, 0.6) is 11.5 Å². The van der Waals surface area contributed by atoms with Gasteiger partial charge >= 0.3 is 0 Å². The van der Waals surface area contributed by atoms with Crippen molar-refractivity contribution in [2.45, 2.75) is 33.1 Å². The minimum absolute atomic E-state index is 0.112. The van der Waals surface area contributed by atoms with E-state index in [9.17, 15) is 4.79 Å². The highest BCUT2D eigenvalue weighted by Gasteiger charge is 2.16. The van der Waals surface area contributed by atoms with E-state index in [4.69, 9.17) is 9.47 Å². The van der Waals surface area contributed by atoms with Gasteiger partial charge in [0, 0.05) is 24.7 Å². The van der Waals surface area contributed by atoms with E-state index in [0.717, 1.165) is 42.0 Å². The molecule has 0 atom stereocenters. The van der Waals surface area contributed by atoms with Crippen molar-refractivity contribution in [3.8, 4) is 11.5 Å². The summed E-state index contributed by atoms with van der Waals surface area (Å²) in [5.74, 6) is 1.63. The molecule has 0 aliphatic carbocycles. The zero-order valence-corrected chi connectivity index (χ0v) is 13.2. The largest absolute Gasteiger partial charge is 0.496 e. The predicted octanol–water partition coefficient (Wildman–Crippen LogP) is 2.81. The second-order valence-electron chi connectivity index (χ2n) is 4.93. The van der Waals surface area contributed by atoms with Crippen LogP contribution in [0, 0.1) is 6.92 Å². The molecule has 4 heteroatoms. The van der Waals surface area contributed by atoms with Crippen molar-refractivity contribution in [2.24, 2.45) is 0 Å². The van der Waals surface area contributed by atoms with Crippen LogP contribution in [0.3, 0.4) is 0 Å². The molecule has 0 spiro atoms. The quantitative estimate of drug-likeness (QED) is 0.770. The molecule has 1 aromatic rings. The Morgan fingerprint density at radius 3 is 2.50 bits per heavy atom. The second-order valence-corrected chi connectivity index (χ2v) is 4.93. The number of carbonyl (C=O) groups is 1. The van der Waals surface area contributed by atoms with Crippen LogP contribution in [0.15, 0.2) is 12.1 Å². The van der Waals surface area contributed by atoms with Crippen molar-refractivity contribution in [3.05, 3.63) is 23.3 Å². The molecular formula is C16H25NO3. The van der Waals surface area contributed by atoms with E-state index in [1.165, 1.54) is 0 Å². The number of hydrogen-bond donors (Lipinski definition) is 0. The summed E-state index contributed by atoms with van der Waals surface area (Å²) in [7, 11) is 5.10. The molecule has 1 rings (SSSR count). The van der Waals surface area contributed by atoms with E-state index in [1.54, 1.807) is 19.1 Å². The lowest BCUT2D eigenvalue weighted by molar-refractivity contribution is -0.129. The fourth-order valence-electron chi connectivity index (χ4n) is 2.19. The molecule has 20 heavy (non-hydrogen) atoms. The Balaban J connectivity index is 2.87. The summed E-state index contributed by atoms with van der Waals surface area (Å²) in [4.78, 5) is 14.0. The minimum Gasteiger partial charge on any atom is -0.496 e. The van der Waals surface area contributed by atoms with E-state index >= 15 is 0 Å². The van der Waals surface area contributed by atoms with Crippen LogP contribution in [-0.4, -0.2) is 38.6 Å². The number of methoxy groups -OCH3 is 2. The van der Waals surface area contributed by atoms with Gasteiger partial charge < -0.3 is 14.4 Å². The first-order valence-corrected chi connectivity index (χ1v) is 6.99. The van der Waals surface area contributed by atoms with Crippen LogP contribution < -0.4 is 9.47 Å². The van der Waals surface area contributed by atoms with Crippen LogP contribution in [0.1, 0.15) is 30.9 Å². The van der Waals surface area contributed by atoms with Gasteiger partial charge in [-0.1, -0.05) is 19.4 Å². The van der Waals surface area contributed by atoms with Crippen molar-refractivity contribution >= 4 is 5.91 Å². The molecule has 1 aromatic carbocycles. The molecule has 0 radical (unpaired) electrons. The Morgan fingerprint density at radius 1 is 1.25 bits per heavy atom. The maximum absolute atomic E-state index is 12.2. The minimum atomic E-state index is 0.112. The molecule has 0 heterocycles. The van der Waals surface area contributed by atoms with Gasteiger partial charge in [-0.2, -0.15) is 0 Å². The van der Waals surface area contributed by atoms with Gasteiger partial charge in [0.25, 0.3) is 0 Å². The topological polar surface area (TPSA) is 38.8 Å².